The average Bonchev–Trinajstić information content (AvgIpc) is 2.39. The van der Waals surface area contributed by atoms with Crippen LogP contribution >= 0.6 is 12.6 Å². The maximum absolute atomic E-state index is 6.20. The summed E-state index contributed by atoms with van der Waals surface area (Å²) in [5.74, 6) is 0.814. The van der Waals surface area contributed by atoms with Gasteiger partial charge in [-0.3, -0.25) is 0 Å². The van der Waals surface area contributed by atoms with Crippen LogP contribution in [-0.4, -0.2) is 23.7 Å². The van der Waals surface area contributed by atoms with E-state index in [4.69, 9.17) is 9.47 Å². The second-order valence-electron chi connectivity index (χ2n) is 7.11. The Balaban J connectivity index is 4.54. The SMILES string of the molecule is CCCCCCCCC(CCS)C(C)(OC(C)C)OC(C)C. The Morgan fingerprint density at radius 3 is 1.77 bits per heavy atom. The minimum absolute atomic E-state index is 0.177. The van der Waals surface area contributed by atoms with Gasteiger partial charge in [-0.25, -0.2) is 0 Å². The van der Waals surface area contributed by atoms with Gasteiger partial charge in [0.2, 0.25) is 0 Å². The van der Waals surface area contributed by atoms with Gasteiger partial charge in [-0.2, -0.15) is 12.6 Å². The Morgan fingerprint density at radius 1 is 0.818 bits per heavy atom. The first-order chi connectivity index (χ1) is 10.4. The van der Waals surface area contributed by atoms with Gasteiger partial charge in [-0.1, -0.05) is 45.4 Å². The first kappa shape index (κ1) is 22.3. The van der Waals surface area contributed by atoms with Gasteiger partial charge in [0.05, 0.1) is 12.2 Å². The molecule has 0 amide bonds. The molecule has 0 aromatic rings. The van der Waals surface area contributed by atoms with Gasteiger partial charge in [0.15, 0.2) is 5.79 Å². The second kappa shape index (κ2) is 12.7. The van der Waals surface area contributed by atoms with E-state index in [1.54, 1.807) is 0 Å². The van der Waals surface area contributed by atoms with Crippen LogP contribution in [0.2, 0.25) is 0 Å². The minimum Gasteiger partial charge on any atom is -0.347 e. The zero-order valence-electron chi connectivity index (χ0n) is 15.9. The molecule has 3 heteroatoms. The van der Waals surface area contributed by atoms with Crippen LogP contribution in [0.15, 0.2) is 0 Å². The predicted molar refractivity (Wildman–Crippen MR) is 101 cm³/mol. The van der Waals surface area contributed by atoms with Crippen molar-refractivity contribution in [1.82, 2.24) is 0 Å². The van der Waals surface area contributed by atoms with Crippen molar-refractivity contribution in [3.63, 3.8) is 0 Å². The lowest BCUT2D eigenvalue weighted by Crippen LogP contribution is -2.44. The van der Waals surface area contributed by atoms with Gasteiger partial charge in [-0.15, -0.1) is 0 Å². The smallest absolute Gasteiger partial charge is 0.168 e. The maximum atomic E-state index is 6.20. The van der Waals surface area contributed by atoms with Crippen molar-refractivity contribution in [2.24, 2.45) is 5.92 Å². The lowest BCUT2D eigenvalue weighted by atomic mass is 9.90. The van der Waals surface area contributed by atoms with Crippen LogP contribution in [0.5, 0.6) is 0 Å². The van der Waals surface area contributed by atoms with E-state index in [1.807, 2.05) is 0 Å². The largest absolute Gasteiger partial charge is 0.347 e. The Bertz CT molecular complexity index is 244. The molecule has 0 rings (SSSR count). The predicted octanol–water partition coefficient (Wildman–Crippen LogP) is 6.24. The van der Waals surface area contributed by atoms with E-state index in [0.29, 0.717) is 5.92 Å². The van der Waals surface area contributed by atoms with Crippen LogP contribution in [0.4, 0.5) is 0 Å². The third-order valence-electron chi connectivity index (χ3n) is 4.06. The molecule has 0 aliphatic rings. The molecule has 0 aromatic heterocycles. The summed E-state index contributed by atoms with van der Waals surface area (Å²) in [6, 6.07) is 0. The summed E-state index contributed by atoms with van der Waals surface area (Å²) in [5.41, 5.74) is 0. The number of thiol groups is 1. The fourth-order valence-corrected chi connectivity index (χ4v) is 3.46. The lowest BCUT2D eigenvalue weighted by Gasteiger charge is -2.40. The topological polar surface area (TPSA) is 18.5 Å². The molecular formula is C19H40O2S. The molecule has 0 aliphatic heterocycles. The summed E-state index contributed by atoms with van der Waals surface area (Å²) in [7, 11) is 0. The van der Waals surface area contributed by atoms with E-state index in [1.165, 1.54) is 44.9 Å². The van der Waals surface area contributed by atoms with Gasteiger partial charge in [-0.05, 0) is 53.2 Å². The summed E-state index contributed by atoms with van der Waals surface area (Å²) < 4.78 is 12.4. The third-order valence-corrected chi connectivity index (χ3v) is 4.32. The highest BCUT2D eigenvalue weighted by molar-refractivity contribution is 7.80. The van der Waals surface area contributed by atoms with E-state index in [0.717, 1.165) is 12.2 Å². The van der Waals surface area contributed by atoms with Gasteiger partial charge >= 0.3 is 0 Å². The lowest BCUT2D eigenvalue weighted by molar-refractivity contribution is -0.286. The van der Waals surface area contributed by atoms with E-state index < -0.39 is 5.79 Å². The fourth-order valence-electron chi connectivity index (χ4n) is 3.15. The van der Waals surface area contributed by atoms with E-state index >= 15 is 0 Å². The van der Waals surface area contributed by atoms with Crippen molar-refractivity contribution in [3.8, 4) is 0 Å². The zero-order valence-corrected chi connectivity index (χ0v) is 16.8. The molecule has 0 aromatic carbocycles. The molecule has 1 atom stereocenters. The molecule has 22 heavy (non-hydrogen) atoms. The van der Waals surface area contributed by atoms with Crippen molar-refractivity contribution in [2.75, 3.05) is 5.75 Å². The average molecular weight is 333 g/mol. The Labute approximate surface area is 145 Å². The van der Waals surface area contributed by atoms with Crippen LogP contribution in [-0.2, 0) is 9.47 Å². The summed E-state index contributed by atoms with van der Waals surface area (Å²) in [6.45, 7) is 12.7. The van der Waals surface area contributed by atoms with Crippen molar-refractivity contribution in [3.05, 3.63) is 0 Å². The molecule has 2 nitrogen and oxygen atoms in total. The van der Waals surface area contributed by atoms with E-state index in [-0.39, 0.29) is 12.2 Å². The molecule has 0 radical (unpaired) electrons. The Kier molecular flexibility index (Phi) is 12.8. The van der Waals surface area contributed by atoms with Crippen LogP contribution in [0.3, 0.4) is 0 Å². The summed E-state index contributed by atoms with van der Waals surface area (Å²) >= 11 is 4.45. The first-order valence-corrected chi connectivity index (χ1v) is 9.95. The molecular weight excluding hydrogens is 292 g/mol. The monoisotopic (exact) mass is 332 g/mol. The van der Waals surface area contributed by atoms with Crippen molar-refractivity contribution >= 4 is 12.6 Å². The van der Waals surface area contributed by atoms with Gasteiger partial charge in [0.25, 0.3) is 0 Å². The van der Waals surface area contributed by atoms with Crippen LogP contribution in [0.1, 0.15) is 92.9 Å². The van der Waals surface area contributed by atoms with Crippen molar-refractivity contribution in [1.29, 1.82) is 0 Å². The van der Waals surface area contributed by atoms with Crippen molar-refractivity contribution in [2.45, 2.75) is 111 Å². The Morgan fingerprint density at radius 2 is 1.32 bits per heavy atom. The second-order valence-corrected chi connectivity index (χ2v) is 7.56. The molecule has 0 N–H and O–H groups in total. The van der Waals surface area contributed by atoms with E-state index in [2.05, 4.69) is 54.2 Å². The highest BCUT2D eigenvalue weighted by Gasteiger charge is 2.37. The molecule has 0 saturated carbocycles. The normalized spacial score (nSPS) is 14.0. The number of hydrogen-bond donors (Lipinski definition) is 1. The highest BCUT2D eigenvalue weighted by atomic mass is 32.1. The minimum atomic E-state index is -0.492. The van der Waals surface area contributed by atoms with Gasteiger partial charge in [0, 0.05) is 5.92 Å². The number of unbranched alkanes of at least 4 members (excludes halogenated alkanes) is 5. The number of ether oxygens (including phenoxy) is 2. The standard InChI is InChI=1S/C19H40O2S/c1-7-8-9-10-11-12-13-18(14-15-22)19(6,20-16(2)3)21-17(4)5/h16-18,22H,7-15H2,1-6H3. The first-order valence-electron chi connectivity index (χ1n) is 9.32. The molecule has 0 heterocycles. The number of hydrogen-bond acceptors (Lipinski definition) is 3. The zero-order chi connectivity index (χ0) is 17.0. The molecule has 0 fully saturated rings. The van der Waals surface area contributed by atoms with E-state index in [9.17, 15) is 0 Å². The summed E-state index contributed by atoms with van der Waals surface area (Å²) in [6.07, 6.45) is 10.6. The molecule has 0 saturated heterocycles. The summed E-state index contributed by atoms with van der Waals surface area (Å²) in [4.78, 5) is 0. The van der Waals surface area contributed by atoms with Crippen LogP contribution in [0, 0.1) is 5.92 Å². The van der Waals surface area contributed by atoms with Crippen LogP contribution < -0.4 is 0 Å². The quantitative estimate of drug-likeness (QED) is 0.230. The molecule has 0 bridgehead atoms. The third kappa shape index (κ3) is 10.1. The highest BCUT2D eigenvalue weighted by Crippen LogP contribution is 2.33. The molecule has 134 valence electrons. The Hall–Kier alpha value is 0.270. The van der Waals surface area contributed by atoms with Gasteiger partial charge in [0.1, 0.15) is 0 Å². The number of rotatable bonds is 14. The molecule has 0 aliphatic carbocycles. The summed E-state index contributed by atoms with van der Waals surface area (Å²) in [5, 5.41) is 0. The van der Waals surface area contributed by atoms with Crippen LogP contribution in [0.25, 0.3) is 0 Å². The van der Waals surface area contributed by atoms with Gasteiger partial charge < -0.3 is 9.47 Å². The maximum Gasteiger partial charge on any atom is 0.168 e. The fraction of sp³-hybridized carbons (Fsp3) is 1.00. The molecule has 1 unspecified atom stereocenters. The molecule has 0 spiro atoms. The van der Waals surface area contributed by atoms with Crippen molar-refractivity contribution < 1.29 is 9.47 Å².